The normalized spacial score (nSPS) is 16.3. The first kappa shape index (κ1) is 19.5. The molecule has 3 amide bonds. The van der Waals surface area contributed by atoms with Gasteiger partial charge >= 0.3 is 0 Å². The number of carbonyl (C=O) groups is 3. The summed E-state index contributed by atoms with van der Waals surface area (Å²) < 4.78 is 2.13. The summed E-state index contributed by atoms with van der Waals surface area (Å²) in [6.45, 7) is 4.30. The second-order valence-electron chi connectivity index (χ2n) is 7.92. The van der Waals surface area contributed by atoms with Crippen molar-refractivity contribution >= 4 is 45.1 Å². The number of anilines is 1. The van der Waals surface area contributed by atoms with Crippen LogP contribution in [0.2, 0.25) is 0 Å². The molecule has 1 aliphatic heterocycles. The number of rotatable bonds is 5. The predicted molar refractivity (Wildman–Crippen MR) is 118 cm³/mol. The van der Waals surface area contributed by atoms with Crippen LogP contribution in [0, 0.1) is 0 Å². The van der Waals surface area contributed by atoms with E-state index >= 15 is 0 Å². The number of thiazole rings is 1. The van der Waals surface area contributed by atoms with Crippen LogP contribution >= 0.6 is 11.3 Å². The van der Waals surface area contributed by atoms with E-state index < -0.39 is 0 Å². The summed E-state index contributed by atoms with van der Waals surface area (Å²) in [4.78, 5) is 40.9. The lowest BCUT2D eigenvalue weighted by Crippen LogP contribution is -2.55. The number of hydrogen-bond acceptors (Lipinski definition) is 5. The number of carbonyl (C=O) groups excluding carboxylic acids is 3. The molecule has 1 saturated carbocycles. The van der Waals surface area contributed by atoms with Crippen molar-refractivity contribution in [1.29, 1.82) is 0 Å². The maximum Gasteiger partial charge on any atom is 0.268 e. The lowest BCUT2D eigenvalue weighted by atomic mass is 9.75. The van der Waals surface area contributed by atoms with E-state index in [1.165, 1.54) is 17.4 Å². The fourth-order valence-electron chi connectivity index (χ4n) is 4.28. The fourth-order valence-corrected chi connectivity index (χ4v) is 4.99. The van der Waals surface area contributed by atoms with Crippen LogP contribution in [0.15, 0.2) is 42.3 Å². The molecule has 0 saturated heterocycles. The smallest absolute Gasteiger partial charge is 0.268 e. The Labute approximate surface area is 182 Å². The van der Waals surface area contributed by atoms with E-state index in [0.717, 1.165) is 30.2 Å². The molecule has 0 atom stereocenters. The minimum absolute atomic E-state index is 0.0708. The summed E-state index contributed by atoms with van der Waals surface area (Å²) in [6, 6.07) is 7.39. The molecule has 0 unspecified atom stereocenters. The van der Waals surface area contributed by atoms with Crippen molar-refractivity contribution in [1.82, 2.24) is 20.2 Å². The third-order valence-electron chi connectivity index (χ3n) is 6.04. The van der Waals surface area contributed by atoms with Crippen molar-refractivity contribution < 1.29 is 14.4 Å². The molecule has 3 heterocycles. The number of nitrogens with one attached hydrogen (secondary N) is 3. The van der Waals surface area contributed by atoms with Crippen molar-refractivity contribution in [3.05, 3.63) is 59.3 Å². The topological polar surface area (TPSA) is 105 Å². The molecule has 1 spiro atoms. The zero-order valence-electron chi connectivity index (χ0n) is 16.7. The van der Waals surface area contributed by atoms with Crippen LogP contribution in [0.3, 0.4) is 0 Å². The number of hydrogen-bond donors (Lipinski definition) is 3. The van der Waals surface area contributed by atoms with E-state index in [1.807, 2.05) is 18.2 Å². The number of aromatic nitrogens is 2. The lowest BCUT2D eigenvalue weighted by molar-refractivity contribution is -0.116. The second kappa shape index (κ2) is 7.35. The first-order valence-electron chi connectivity index (χ1n) is 10.1. The molecule has 3 aromatic rings. The van der Waals surface area contributed by atoms with Crippen molar-refractivity contribution in [2.45, 2.75) is 31.3 Å². The number of fused-ring (bicyclic) bond motifs is 4. The zero-order chi connectivity index (χ0) is 21.6. The predicted octanol–water partition coefficient (Wildman–Crippen LogP) is 2.77. The van der Waals surface area contributed by atoms with Gasteiger partial charge in [-0.1, -0.05) is 12.6 Å². The Kier molecular flexibility index (Phi) is 4.62. The Morgan fingerprint density at radius 3 is 2.90 bits per heavy atom. The Morgan fingerprint density at radius 2 is 2.16 bits per heavy atom. The first-order valence-corrected chi connectivity index (χ1v) is 11.0. The Hall–Kier alpha value is -3.46. The summed E-state index contributed by atoms with van der Waals surface area (Å²) in [5.74, 6) is -0.615. The largest absolute Gasteiger partial charge is 0.348 e. The van der Waals surface area contributed by atoms with E-state index in [2.05, 4.69) is 32.1 Å². The minimum atomic E-state index is -0.277. The standard InChI is InChI=1S/C22H21N5O3S/c1-2-18(28)23-10-15-11-31-21(25-15)26-19(29)14-5-4-13-8-17-20(30)24-12-22(6-3-7-22)27(17)16(13)9-14/h2,4-5,8-9,11H,1,3,6-7,10,12H2,(H,23,28)(H,24,30)(H,25,26,29). The van der Waals surface area contributed by atoms with E-state index in [9.17, 15) is 14.4 Å². The van der Waals surface area contributed by atoms with Crippen molar-refractivity contribution in [2.24, 2.45) is 0 Å². The van der Waals surface area contributed by atoms with Gasteiger partial charge in [0.15, 0.2) is 5.13 Å². The highest BCUT2D eigenvalue weighted by Gasteiger charge is 2.44. The van der Waals surface area contributed by atoms with E-state index in [4.69, 9.17) is 0 Å². The number of benzene rings is 1. The summed E-state index contributed by atoms with van der Waals surface area (Å²) >= 11 is 1.29. The van der Waals surface area contributed by atoms with E-state index in [1.54, 1.807) is 11.4 Å². The highest BCUT2D eigenvalue weighted by atomic mass is 32.1. The Balaban J connectivity index is 1.40. The Bertz CT molecular complexity index is 1240. The lowest BCUT2D eigenvalue weighted by Gasteiger charge is -2.47. The summed E-state index contributed by atoms with van der Waals surface area (Å²) in [5, 5.41) is 11.7. The van der Waals surface area contributed by atoms with Crippen LogP contribution in [0.5, 0.6) is 0 Å². The van der Waals surface area contributed by atoms with Gasteiger partial charge in [0.05, 0.1) is 23.3 Å². The van der Waals surface area contributed by atoms with E-state index in [-0.39, 0.29) is 29.8 Å². The van der Waals surface area contributed by atoms with Crippen molar-refractivity contribution in [3.8, 4) is 0 Å². The van der Waals surface area contributed by atoms with Crippen LogP contribution in [-0.2, 0) is 16.9 Å². The SMILES string of the molecule is C=CC(=O)NCc1csc(NC(=O)c2ccc3cc4n(c3c2)C2(CCC2)CNC4=O)n1. The van der Waals surface area contributed by atoms with Crippen LogP contribution in [-0.4, -0.2) is 33.8 Å². The maximum atomic E-state index is 12.9. The van der Waals surface area contributed by atoms with Gasteiger partial charge in [-0.3, -0.25) is 19.7 Å². The molecule has 9 heteroatoms. The van der Waals surface area contributed by atoms with Gasteiger partial charge < -0.3 is 15.2 Å². The summed E-state index contributed by atoms with van der Waals surface area (Å²) in [6.07, 6.45) is 4.37. The minimum Gasteiger partial charge on any atom is -0.348 e. The van der Waals surface area contributed by atoms with Crippen molar-refractivity contribution in [3.63, 3.8) is 0 Å². The van der Waals surface area contributed by atoms with Crippen LogP contribution < -0.4 is 16.0 Å². The fraction of sp³-hybridized carbons (Fsp3) is 0.273. The summed E-state index contributed by atoms with van der Waals surface area (Å²) in [7, 11) is 0. The molecule has 5 rings (SSSR count). The average Bonchev–Trinajstić information content (AvgIpc) is 3.36. The van der Waals surface area contributed by atoms with Gasteiger partial charge in [-0.25, -0.2) is 4.98 Å². The average molecular weight is 436 g/mol. The highest BCUT2D eigenvalue weighted by molar-refractivity contribution is 7.14. The van der Waals surface area contributed by atoms with Gasteiger partial charge in [0.2, 0.25) is 5.91 Å². The van der Waals surface area contributed by atoms with Gasteiger partial charge in [-0.05, 0) is 43.5 Å². The van der Waals surface area contributed by atoms with Gasteiger partial charge in [0.25, 0.3) is 11.8 Å². The first-order chi connectivity index (χ1) is 15.0. The summed E-state index contributed by atoms with van der Waals surface area (Å²) in [5.41, 5.74) is 2.64. The maximum absolute atomic E-state index is 12.9. The molecule has 31 heavy (non-hydrogen) atoms. The van der Waals surface area contributed by atoms with Crippen molar-refractivity contribution in [2.75, 3.05) is 11.9 Å². The van der Waals surface area contributed by atoms with Crippen LogP contribution in [0.25, 0.3) is 10.9 Å². The molecule has 1 aromatic carbocycles. The van der Waals surface area contributed by atoms with Gasteiger partial charge in [-0.15, -0.1) is 11.3 Å². The molecule has 1 fully saturated rings. The van der Waals surface area contributed by atoms with Gasteiger partial charge in [0.1, 0.15) is 5.69 Å². The molecule has 2 aliphatic rings. The molecule has 1 aliphatic carbocycles. The third-order valence-corrected chi connectivity index (χ3v) is 6.84. The Morgan fingerprint density at radius 1 is 1.32 bits per heavy atom. The number of amides is 3. The monoisotopic (exact) mass is 435 g/mol. The molecule has 3 N–H and O–H groups in total. The molecular formula is C22H21N5O3S. The highest BCUT2D eigenvalue weighted by Crippen LogP contribution is 2.44. The van der Waals surface area contributed by atoms with E-state index in [0.29, 0.717) is 28.6 Å². The third kappa shape index (κ3) is 3.31. The quantitative estimate of drug-likeness (QED) is 0.536. The molecule has 8 nitrogen and oxygen atoms in total. The van der Waals surface area contributed by atoms with Gasteiger partial charge in [-0.2, -0.15) is 0 Å². The molecular weight excluding hydrogens is 414 g/mol. The second-order valence-corrected chi connectivity index (χ2v) is 8.78. The number of nitrogens with zero attached hydrogens (tertiary/aromatic N) is 2. The molecule has 158 valence electrons. The molecule has 0 radical (unpaired) electrons. The zero-order valence-corrected chi connectivity index (χ0v) is 17.6. The van der Waals surface area contributed by atoms with Crippen LogP contribution in [0.1, 0.15) is 45.8 Å². The molecule has 2 aromatic heterocycles. The van der Waals surface area contributed by atoms with Crippen LogP contribution in [0.4, 0.5) is 5.13 Å². The van der Waals surface area contributed by atoms with Gasteiger partial charge in [0, 0.05) is 22.9 Å². The molecule has 0 bridgehead atoms.